The molecule has 0 saturated heterocycles. The van der Waals surface area contributed by atoms with Gasteiger partial charge in [-0.2, -0.15) is 0 Å². The summed E-state index contributed by atoms with van der Waals surface area (Å²) in [5, 5.41) is 30.8. The SMILES string of the molecule is O.O=C([O-])c1ccc(N=Cc2ccccc2O)c(N=Cc2ccccc2O)c1.[Mn].[Na+]. The molecule has 0 unspecified atom stereocenters. The number of para-hydroxylation sites is 2. The molecular formula is C21H17MnN2NaO5. The molecule has 0 aromatic heterocycles. The molecule has 0 spiro atoms. The van der Waals surface area contributed by atoms with Gasteiger partial charge < -0.3 is 25.6 Å². The number of carboxylic acid groups (broad SMARTS) is 1. The first-order valence-corrected chi connectivity index (χ1v) is 8.04. The van der Waals surface area contributed by atoms with Crippen LogP contribution in [0.2, 0.25) is 0 Å². The minimum atomic E-state index is -1.33. The van der Waals surface area contributed by atoms with E-state index < -0.39 is 5.97 Å². The topological polar surface area (TPSA) is 137 Å². The van der Waals surface area contributed by atoms with E-state index in [1.807, 2.05) is 0 Å². The van der Waals surface area contributed by atoms with Gasteiger partial charge in [-0.25, -0.2) is 0 Å². The molecule has 0 atom stereocenters. The molecule has 0 saturated carbocycles. The summed E-state index contributed by atoms with van der Waals surface area (Å²) in [6.45, 7) is 0. The molecule has 4 N–H and O–H groups in total. The van der Waals surface area contributed by atoms with Gasteiger partial charge in [-0.05, 0) is 42.0 Å². The number of hydrogen-bond donors (Lipinski definition) is 2. The number of benzene rings is 3. The van der Waals surface area contributed by atoms with E-state index in [9.17, 15) is 20.1 Å². The van der Waals surface area contributed by atoms with Gasteiger partial charge in [-0.15, -0.1) is 0 Å². The Morgan fingerprint density at radius 1 is 0.800 bits per heavy atom. The Bertz CT molecular complexity index is 1060. The first-order valence-electron chi connectivity index (χ1n) is 8.04. The Morgan fingerprint density at radius 2 is 1.27 bits per heavy atom. The van der Waals surface area contributed by atoms with Crippen molar-refractivity contribution in [2.75, 3.05) is 0 Å². The summed E-state index contributed by atoms with van der Waals surface area (Å²) in [7, 11) is 0. The summed E-state index contributed by atoms with van der Waals surface area (Å²) in [6.07, 6.45) is 2.88. The number of carbonyl (C=O) groups is 1. The van der Waals surface area contributed by atoms with E-state index in [4.69, 9.17) is 0 Å². The van der Waals surface area contributed by atoms with E-state index in [-0.39, 0.29) is 74.9 Å². The molecule has 0 heterocycles. The van der Waals surface area contributed by atoms with Gasteiger partial charge >= 0.3 is 29.6 Å². The molecule has 3 aromatic rings. The predicted octanol–water partition coefficient (Wildman–Crippen LogP) is -0.861. The first kappa shape index (κ1) is 27.5. The Kier molecular flexibility index (Phi) is 11.9. The summed E-state index contributed by atoms with van der Waals surface area (Å²) >= 11 is 0. The Morgan fingerprint density at radius 3 is 1.73 bits per heavy atom. The van der Waals surface area contributed by atoms with Crippen molar-refractivity contribution in [1.29, 1.82) is 0 Å². The number of rotatable bonds is 5. The molecule has 0 fully saturated rings. The third-order valence-electron chi connectivity index (χ3n) is 3.77. The maximum atomic E-state index is 11.1. The fraction of sp³-hybridized carbons (Fsp3) is 0. The number of hydrogen-bond acceptors (Lipinski definition) is 6. The third-order valence-corrected chi connectivity index (χ3v) is 3.77. The minimum absolute atomic E-state index is 0. The summed E-state index contributed by atoms with van der Waals surface area (Å²) in [5.41, 5.74) is 1.63. The second kappa shape index (κ2) is 13.0. The second-order valence-electron chi connectivity index (χ2n) is 5.62. The second-order valence-corrected chi connectivity index (χ2v) is 5.62. The summed E-state index contributed by atoms with van der Waals surface area (Å²) in [5.74, 6) is -1.20. The number of carboxylic acids is 1. The van der Waals surface area contributed by atoms with E-state index in [0.717, 1.165) is 0 Å². The van der Waals surface area contributed by atoms with Crippen molar-refractivity contribution >= 4 is 29.8 Å². The number of aromatic carboxylic acids is 1. The molecule has 3 rings (SSSR count). The number of phenols is 2. The van der Waals surface area contributed by atoms with Gasteiger partial charge in [-0.3, -0.25) is 9.98 Å². The van der Waals surface area contributed by atoms with Gasteiger partial charge in [0.05, 0.1) is 17.3 Å². The van der Waals surface area contributed by atoms with Crippen molar-refractivity contribution in [2.24, 2.45) is 9.98 Å². The van der Waals surface area contributed by atoms with Gasteiger partial charge in [0.1, 0.15) is 11.5 Å². The summed E-state index contributed by atoms with van der Waals surface area (Å²) in [4.78, 5) is 19.7. The van der Waals surface area contributed by atoms with Gasteiger partial charge in [0.25, 0.3) is 0 Å². The number of aliphatic imine (C=N–C) groups is 2. The van der Waals surface area contributed by atoms with Crippen LogP contribution in [-0.2, 0) is 17.1 Å². The van der Waals surface area contributed by atoms with Crippen molar-refractivity contribution in [2.45, 2.75) is 0 Å². The molecule has 7 nitrogen and oxygen atoms in total. The van der Waals surface area contributed by atoms with Gasteiger partial charge in [-0.1, -0.05) is 30.3 Å². The first-order chi connectivity index (χ1) is 13.0. The van der Waals surface area contributed by atoms with Crippen LogP contribution in [0.1, 0.15) is 21.5 Å². The van der Waals surface area contributed by atoms with E-state index >= 15 is 0 Å². The van der Waals surface area contributed by atoms with Gasteiger partial charge in [0.15, 0.2) is 0 Å². The van der Waals surface area contributed by atoms with Crippen LogP contribution in [0.3, 0.4) is 0 Å². The predicted molar refractivity (Wildman–Crippen MR) is 105 cm³/mol. The van der Waals surface area contributed by atoms with E-state index in [1.165, 1.54) is 42.8 Å². The average Bonchev–Trinajstić information content (AvgIpc) is 2.67. The van der Waals surface area contributed by atoms with Crippen LogP contribution in [0.5, 0.6) is 11.5 Å². The Hall–Kier alpha value is -2.45. The fourth-order valence-electron chi connectivity index (χ4n) is 2.33. The third kappa shape index (κ3) is 7.11. The molecule has 0 amide bonds. The van der Waals surface area contributed by atoms with Gasteiger partial charge in [0.2, 0.25) is 0 Å². The molecule has 0 aliphatic heterocycles. The van der Waals surface area contributed by atoms with E-state index in [1.54, 1.807) is 36.4 Å². The zero-order valence-corrected chi connectivity index (χ0v) is 19.2. The molecule has 0 bridgehead atoms. The number of carbonyl (C=O) groups excluding carboxylic acids is 1. The Balaban J connectivity index is 0.00000280. The summed E-state index contributed by atoms with van der Waals surface area (Å²) < 4.78 is 0. The fourth-order valence-corrected chi connectivity index (χ4v) is 2.33. The molecule has 9 heteroatoms. The maximum absolute atomic E-state index is 11.1. The standard InChI is InChI=1S/C21H16N2O4.Mn.Na.H2O/c24-19-7-3-1-5-15(19)12-22-17-10-9-14(21(26)27)11-18(17)23-13-16-6-2-4-8-20(16)25;;;/h1-13,24-25H,(H,26,27);;;1H2/q;;+1;/p-1. The van der Waals surface area contributed by atoms with Crippen molar-refractivity contribution < 1.29 is 72.2 Å². The monoisotopic (exact) mass is 455 g/mol. The molecule has 1 radical (unpaired) electrons. The minimum Gasteiger partial charge on any atom is -0.545 e. The largest absolute Gasteiger partial charge is 1.00 e. The molecule has 0 aliphatic carbocycles. The number of aromatic hydroxyl groups is 2. The average molecular weight is 455 g/mol. The quantitative estimate of drug-likeness (QED) is 0.382. The Labute approximate surface area is 205 Å². The normalized spacial score (nSPS) is 10.1. The van der Waals surface area contributed by atoms with Crippen molar-refractivity contribution in [3.8, 4) is 11.5 Å². The molecule has 30 heavy (non-hydrogen) atoms. The van der Waals surface area contributed by atoms with Crippen LogP contribution in [0.4, 0.5) is 11.4 Å². The van der Waals surface area contributed by atoms with Crippen molar-refractivity contribution in [1.82, 2.24) is 0 Å². The van der Waals surface area contributed by atoms with Crippen LogP contribution in [-0.4, -0.2) is 34.1 Å². The van der Waals surface area contributed by atoms with Crippen LogP contribution >= 0.6 is 0 Å². The van der Waals surface area contributed by atoms with E-state index in [2.05, 4.69) is 9.98 Å². The number of phenolic OH excluding ortho intramolecular Hbond substituents is 2. The summed E-state index contributed by atoms with van der Waals surface area (Å²) in [6, 6.07) is 17.5. The smallest absolute Gasteiger partial charge is 0.545 e. The van der Waals surface area contributed by atoms with Crippen molar-refractivity contribution in [3.63, 3.8) is 0 Å². The van der Waals surface area contributed by atoms with E-state index in [0.29, 0.717) is 16.8 Å². The molecule has 149 valence electrons. The number of nitrogens with zero attached hydrogens (tertiary/aromatic N) is 2. The van der Waals surface area contributed by atoms with Crippen LogP contribution < -0.4 is 34.7 Å². The molecule has 3 aromatic carbocycles. The zero-order chi connectivity index (χ0) is 19.2. The van der Waals surface area contributed by atoms with Crippen LogP contribution in [0, 0.1) is 0 Å². The van der Waals surface area contributed by atoms with Crippen LogP contribution in [0.25, 0.3) is 0 Å². The molecule has 0 aliphatic rings. The zero-order valence-electron chi connectivity index (χ0n) is 16.0. The van der Waals surface area contributed by atoms with Gasteiger partial charge in [0, 0.05) is 40.6 Å². The van der Waals surface area contributed by atoms with Crippen LogP contribution in [0.15, 0.2) is 76.7 Å². The molecular weight excluding hydrogens is 438 g/mol. The maximum Gasteiger partial charge on any atom is 1.00 e. The van der Waals surface area contributed by atoms with Crippen molar-refractivity contribution in [3.05, 3.63) is 83.4 Å².